The molecule has 0 amide bonds. The van der Waals surface area contributed by atoms with Crippen molar-refractivity contribution in [1.82, 2.24) is 0 Å². The first-order chi connectivity index (χ1) is 11.2. The lowest BCUT2D eigenvalue weighted by Crippen LogP contribution is -2.05. The zero-order chi connectivity index (χ0) is 16.2. The van der Waals surface area contributed by atoms with Gasteiger partial charge >= 0.3 is 0 Å². The van der Waals surface area contributed by atoms with Gasteiger partial charge < -0.3 is 14.2 Å². The predicted octanol–water partition coefficient (Wildman–Crippen LogP) is 4.52. The molecule has 3 heteroatoms. The molecular formula is C20H22O3. The average molecular weight is 310 g/mol. The maximum absolute atomic E-state index is 6.03. The molecule has 120 valence electrons. The third kappa shape index (κ3) is 3.22. The summed E-state index contributed by atoms with van der Waals surface area (Å²) in [5.41, 5.74) is 5.96. The van der Waals surface area contributed by atoms with Crippen LogP contribution < -0.4 is 0 Å². The number of rotatable bonds is 5. The second kappa shape index (κ2) is 7.09. The Morgan fingerprint density at radius 2 is 1.61 bits per heavy atom. The summed E-state index contributed by atoms with van der Waals surface area (Å²) in [6.45, 7) is 2.81. The number of hydrogen-bond acceptors (Lipinski definition) is 3. The maximum atomic E-state index is 6.03. The largest absolute Gasteiger partial charge is 0.364 e. The minimum absolute atomic E-state index is 0.0165. The topological polar surface area (TPSA) is 27.7 Å². The van der Waals surface area contributed by atoms with Crippen LogP contribution in [0.15, 0.2) is 60.2 Å². The van der Waals surface area contributed by atoms with Crippen molar-refractivity contribution in [2.24, 2.45) is 0 Å². The van der Waals surface area contributed by atoms with Crippen molar-refractivity contribution in [2.45, 2.75) is 19.3 Å². The second-order valence-corrected chi connectivity index (χ2v) is 5.69. The van der Waals surface area contributed by atoms with Gasteiger partial charge in [-0.25, -0.2) is 0 Å². The number of ether oxygens (including phenoxy) is 3. The maximum Gasteiger partial charge on any atom is 0.183 e. The minimum atomic E-state index is -0.329. The number of hydrogen-bond donors (Lipinski definition) is 0. The van der Waals surface area contributed by atoms with Crippen LogP contribution in [0.4, 0.5) is 0 Å². The van der Waals surface area contributed by atoms with Crippen LogP contribution >= 0.6 is 0 Å². The molecule has 1 atom stereocenters. The Hall–Kier alpha value is -1.94. The lowest BCUT2D eigenvalue weighted by molar-refractivity contribution is -0.106. The molecule has 1 aliphatic rings. The van der Waals surface area contributed by atoms with Crippen LogP contribution in [0.25, 0.3) is 5.57 Å². The van der Waals surface area contributed by atoms with Gasteiger partial charge in [-0.3, -0.25) is 0 Å². The van der Waals surface area contributed by atoms with Gasteiger partial charge in [-0.15, -0.1) is 0 Å². The fourth-order valence-electron chi connectivity index (χ4n) is 3.06. The van der Waals surface area contributed by atoms with Crippen LogP contribution in [0.3, 0.4) is 0 Å². The zero-order valence-corrected chi connectivity index (χ0v) is 13.8. The summed E-state index contributed by atoms with van der Waals surface area (Å²) in [6, 6.07) is 18.7. The second-order valence-electron chi connectivity index (χ2n) is 5.69. The van der Waals surface area contributed by atoms with Gasteiger partial charge in [-0.2, -0.15) is 0 Å². The van der Waals surface area contributed by atoms with Crippen LogP contribution in [-0.4, -0.2) is 20.8 Å². The van der Waals surface area contributed by atoms with Crippen molar-refractivity contribution < 1.29 is 14.2 Å². The SMILES string of the molecule is COC(OC)c1ccc(C2OCC(c3ccccc3)=C2C)cc1. The van der Waals surface area contributed by atoms with Crippen LogP contribution in [-0.2, 0) is 14.2 Å². The Bertz CT molecular complexity index is 670. The van der Waals surface area contributed by atoms with Crippen molar-refractivity contribution in [3.8, 4) is 0 Å². The van der Waals surface area contributed by atoms with Crippen molar-refractivity contribution in [1.29, 1.82) is 0 Å². The zero-order valence-electron chi connectivity index (χ0n) is 13.8. The molecule has 0 aromatic heterocycles. The molecular weight excluding hydrogens is 288 g/mol. The summed E-state index contributed by atoms with van der Waals surface area (Å²) in [5, 5.41) is 0. The van der Waals surface area contributed by atoms with Crippen molar-refractivity contribution in [3.05, 3.63) is 76.9 Å². The Morgan fingerprint density at radius 1 is 0.957 bits per heavy atom. The van der Waals surface area contributed by atoms with Crippen molar-refractivity contribution >= 4 is 5.57 Å². The Morgan fingerprint density at radius 3 is 2.22 bits per heavy atom. The fourth-order valence-corrected chi connectivity index (χ4v) is 3.06. The van der Waals surface area contributed by atoms with Crippen LogP contribution in [0.1, 0.15) is 36.0 Å². The quantitative estimate of drug-likeness (QED) is 0.760. The lowest BCUT2D eigenvalue weighted by atomic mass is 9.96. The molecule has 3 nitrogen and oxygen atoms in total. The molecule has 1 unspecified atom stereocenters. The highest BCUT2D eigenvalue weighted by molar-refractivity contribution is 5.72. The summed E-state index contributed by atoms with van der Waals surface area (Å²) in [5.74, 6) is 0. The highest BCUT2D eigenvalue weighted by Crippen LogP contribution is 2.38. The first-order valence-corrected chi connectivity index (χ1v) is 7.76. The summed E-state index contributed by atoms with van der Waals surface area (Å²) < 4.78 is 16.6. The van der Waals surface area contributed by atoms with E-state index in [0.717, 1.165) is 11.1 Å². The van der Waals surface area contributed by atoms with Crippen molar-refractivity contribution in [2.75, 3.05) is 20.8 Å². The average Bonchev–Trinajstić information content (AvgIpc) is 2.99. The lowest BCUT2D eigenvalue weighted by Gasteiger charge is -2.16. The Balaban J connectivity index is 1.84. The standard InChI is InChI=1S/C20H22O3/c1-14-18(15-7-5-4-6-8-15)13-23-19(14)16-9-11-17(12-10-16)20(21-2)22-3/h4-12,19-20H,13H2,1-3H3. The molecule has 0 saturated carbocycles. The van der Waals surface area contributed by atoms with E-state index in [4.69, 9.17) is 14.2 Å². The summed E-state index contributed by atoms with van der Waals surface area (Å²) >= 11 is 0. The summed E-state index contributed by atoms with van der Waals surface area (Å²) in [7, 11) is 3.28. The van der Waals surface area contributed by atoms with E-state index in [2.05, 4.69) is 43.3 Å². The normalized spacial score (nSPS) is 18.0. The molecule has 0 fully saturated rings. The van der Waals surface area contributed by atoms with Gasteiger partial charge in [0.1, 0.15) is 6.10 Å². The first kappa shape index (κ1) is 15.9. The smallest absolute Gasteiger partial charge is 0.183 e. The van der Waals surface area contributed by atoms with Gasteiger partial charge in [0.05, 0.1) is 6.61 Å². The summed E-state index contributed by atoms with van der Waals surface area (Å²) in [6.07, 6.45) is -0.312. The molecule has 2 aromatic rings. The molecule has 3 rings (SSSR count). The van der Waals surface area contributed by atoms with E-state index in [1.54, 1.807) is 14.2 Å². The molecule has 1 aliphatic heterocycles. The van der Waals surface area contributed by atoms with Gasteiger partial charge in [-0.05, 0) is 29.2 Å². The van der Waals surface area contributed by atoms with E-state index in [1.807, 2.05) is 18.2 Å². The van der Waals surface area contributed by atoms with Crippen molar-refractivity contribution in [3.63, 3.8) is 0 Å². The van der Waals surface area contributed by atoms with E-state index >= 15 is 0 Å². The van der Waals surface area contributed by atoms with Gasteiger partial charge in [0.25, 0.3) is 0 Å². The molecule has 0 saturated heterocycles. The monoisotopic (exact) mass is 310 g/mol. The van der Waals surface area contributed by atoms with Gasteiger partial charge in [0, 0.05) is 19.8 Å². The molecule has 0 radical (unpaired) electrons. The molecule has 23 heavy (non-hydrogen) atoms. The molecule has 0 spiro atoms. The number of methoxy groups -OCH3 is 2. The molecule has 0 N–H and O–H groups in total. The third-order valence-electron chi connectivity index (χ3n) is 4.33. The van der Waals surface area contributed by atoms with E-state index in [0.29, 0.717) is 6.61 Å². The molecule has 0 aliphatic carbocycles. The minimum Gasteiger partial charge on any atom is -0.364 e. The molecule has 2 aromatic carbocycles. The predicted molar refractivity (Wildman–Crippen MR) is 90.9 cm³/mol. The molecule has 1 heterocycles. The fraction of sp³-hybridized carbons (Fsp3) is 0.300. The highest BCUT2D eigenvalue weighted by atomic mass is 16.7. The summed E-state index contributed by atoms with van der Waals surface area (Å²) in [4.78, 5) is 0. The van der Waals surface area contributed by atoms with Crippen LogP contribution in [0.5, 0.6) is 0 Å². The van der Waals surface area contributed by atoms with E-state index in [-0.39, 0.29) is 12.4 Å². The van der Waals surface area contributed by atoms with E-state index in [9.17, 15) is 0 Å². The van der Waals surface area contributed by atoms with E-state index in [1.165, 1.54) is 16.7 Å². The highest BCUT2D eigenvalue weighted by Gasteiger charge is 2.25. The van der Waals surface area contributed by atoms with Gasteiger partial charge in [-0.1, -0.05) is 54.6 Å². The Kier molecular flexibility index (Phi) is 4.91. The third-order valence-corrected chi connectivity index (χ3v) is 4.33. The number of benzene rings is 2. The Labute approximate surface area is 137 Å². The first-order valence-electron chi connectivity index (χ1n) is 7.76. The van der Waals surface area contributed by atoms with E-state index < -0.39 is 0 Å². The van der Waals surface area contributed by atoms with Crippen LogP contribution in [0.2, 0.25) is 0 Å². The molecule has 0 bridgehead atoms. The van der Waals surface area contributed by atoms with Crippen LogP contribution in [0, 0.1) is 0 Å². The van der Waals surface area contributed by atoms with Gasteiger partial charge in [0.15, 0.2) is 6.29 Å². The van der Waals surface area contributed by atoms with Gasteiger partial charge in [0.2, 0.25) is 0 Å².